The van der Waals surface area contributed by atoms with E-state index < -0.39 is 0 Å². The average Bonchev–Trinajstić information content (AvgIpc) is 2.47. The molecule has 1 saturated carbocycles. The fourth-order valence-electron chi connectivity index (χ4n) is 2.27. The molecule has 2 heterocycles. The van der Waals surface area contributed by atoms with Gasteiger partial charge in [-0.25, -0.2) is 4.68 Å². The standard InChI is InChI=1S/C9H14N4/c1-2-7(3-1)8-4-10-9-11-6-12-13(9)5-8/h6-8H,1-5H2,(H,10,11,12). The van der Waals surface area contributed by atoms with Crippen molar-refractivity contribution in [3.8, 4) is 0 Å². The molecule has 13 heavy (non-hydrogen) atoms. The Morgan fingerprint density at radius 1 is 1.38 bits per heavy atom. The van der Waals surface area contributed by atoms with Gasteiger partial charge < -0.3 is 5.32 Å². The normalized spacial score (nSPS) is 27.5. The molecular formula is C9H14N4. The van der Waals surface area contributed by atoms with E-state index >= 15 is 0 Å². The number of hydrogen-bond donors (Lipinski definition) is 1. The molecule has 0 spiro atoms. The second-order valence-electron chi connectivity index (χ2n) is 4.10. The maximum Gasteiger partial charge on any atom is 0.221 e. The van der Waals surface area contributed by atoms with E-state index in [1.165, 1.54) is 19.3 Å². The zero-order chi connectivity index (χ0) is 8.67. The molecule has 1 aromatic heterocycles. The van der Waals surface area contributed by atoms with Crippen LogP contribution in [0.15, 0.2) is 6.33 Å². The fourth-order valence-corrected chi connectivity index (χ4v) is 2.27. The van der Waals surface area contributed by atoms with Crippen molar-refractivity contribution in [1.29, 1.82) is 0 Å². The van der Waals surface area contributed by atoms with Crippen LogP contribution in [0.2, 0.25) is 0 Å². The van der Waals surface area contributed by atoms with E-state index in [0.717, 1.165) is 30.9 Å². The molecule has 1 aliphatic heterocycles. The summed E-state index contributed by atoms with van der Waals surface area (Å²) in [4.78, 5) is 4.14. The van der Waals surface area contributed by atoms with Gasteiger partial charge in [-0.15, -0.1) is 0 Å². The second kappa shape index (κ2) is 2.72. The number of nitrogens with zero attached hydrogens (tertiary/aromatic N) is 3. The van der Waals surface area contributed by atoms with Crippen LogP contribution in [0, 0.1) is 11.8 Å². The summed E-state index contributed by atoms with van der Waals surface area (Å²) in [6.45, 7) is 2.15. The van der Waals surface area contributed by atoms with Crippen LogP contribution < -0.4 is 5.32 Å². The first kappa shape index (κ1) is 7.35. The van der Waals surface area contributed by atoms with Gasteiger partial charge in [0.25, 0.3) is 0 Å². The highest BCUT2D eigenvalue weighted by molar-refractivity contribution is 5.25. The van der Waals surface area contributed by atoms with Crippen LogP contribution >= 0.6 is 0 Å². The monoisotopic (exact) mass is 178 g/mol. The zero-order valence-corrected chi connectivity index (χ0v) is 7.61. The molecule has 0 saturated heterocycles. The third kappa shape index (κ3) is 1.12. The van der Waals surface area contributed by atoms with Crippen LogP contribution in [0.5, 0.6) is 0 Å². The fraction of sp³-hybridized carbons (Fsp3) is 0.778. The maximum absolute atomic E-state index is 4.19. The van der Waals surface area contributed by atoms with Crippen molar-refractivity contribution in [1.82, 2.24) is 14.8 Å². The first-order chi connectivity index (χ1) is 6.43. The number of fused-ring (bicyclic) bond motifs is 1. The molecule has 0 bridgehead atoms. The highest BCUT2D eigenvalue weighted by Crippen LogP contribution is 2.35. The summed E-state index contributed by atoms with van der Waals surface area (Å²) < 4.78 is 1.99. The van der Waals surface area contributed by atoms with Crippen molar-refractivity contribution >= 4 is 5.95 Å². The molecule has 1 atom stereocenters. The molecule has 4 heteroatoms. The van der Waals surface area contributed by atoms with Crippen LogP contribution in [0.3, 0.4) is 0 Å². The molecule has 1 unspecified atom stereocenters. The number of rotatable bonds is 1. The smallest absolute Gasteiger partial charge is 0.221 e. The Kier molecular flexibility index (Phi) is 1.54. The minimum Gasteiger partial charge on any atom is -0.354 e. The van der Waals surface area contributed by atoms with E-state index in [0.29, 0.717) is 0 Å². The summed E-state index contributed by atoms with van der Waals surface area (Å²) in [6, 6.07) is 0. The first-order valence-electron chi connectivity index (χ1n) is 5.05. The quantitative estimate of drug-likeness (QED) is 0.700. The topological polar surface area (TPSA) is 42.7 Å². The molecule has 70 valence electrons. The summed E-state index contributed by atoms with van der Waals surface area (Å²) in [5, 5.41) is 7.52. The average molecular weight is 178 g/mol. The van der Waals surface area contributed by atoms with Gasteiger partial charge in [0.05, 0.1) is 0 Å². The van der Waals surface area contributed by atoms with Crippen LogP contribution in [-0.2, 0) is 6.54 Å². The van der Waals surface area contributed by atoms with Crippen LogP contribution in [0.4, 0.5) is 5.95 Å². The van der Waals surface area contributed by atoms with Gasteiger partial charge in [-0.3, -0.25) is 0 Å². The molecule has 0 amide bonds. The Morgan fingerprint density at radius 2 is 2.31 bits per heavy atom. The Labute approximate surface area is 77.4 Å². The Hall–Kier alpha value is -1.06. The lowest BCUT2D eigenvalue weighted by atomic mass is 9.75. The Balaban J connectivity index is 1.76. The second-order valence-corrected chi connectivity index (χ2v) is 4.10. The molecule has 3 rings (SSSR count). The lowest BCUT2D eigenvalue weighted by Gasteiger charge is -2.36. The summed E-state index contributed by atoms with van der Waals surface area (Å²) >= 11 is 0. The van der Waals surface area contributed by atoms with Gasteiger partial charge in [-0.1, -0.05) is 19.3 Å². The maximum atomic E-state index is 4.19. The van der Waals surface area contributed by atoms with Crippen LogP contribution in [0.25, 0.3) is 0 Å². The number of hydrogen-bond acceptors (Lipinski definition) is 3. The third-order valence-corrected chi connectivity index (χ3v) is 3.36. The molecule has 1 aliphatic carbocycles. The Bertz CT molecular complexity index is 302. The number of anilines is 1. The summed E-state index contributed by atoms with van der Waals surface area (Å²) in [5.74, 6) is 2.66. The highest BCUT2D eigenvalue weighted by atomic mass is 15.4. The molecule has 1 N–H and O–H groups in total. The molecule has 0 aromatic carbocycles. The molecule has 2 aliphatic rings. The summed E-state index contributed by atoms with van der Waals surface area (Å²) in [6.07, 6.45) is 5.88. The van der Waals surface area contributed by atoms with E-state index in [2.05, 4.69) is 15.4 Å². The SMILES string of the molecule is c1nc2n(n1)CC(C1CCC1)CN2. The molecule has 1 fully saturated rings. The van der Waals surface area contributed by atoms with E-state index in [1.54, 1.807) is 6.33 Å². The van der Waals surface area contributed by atoms with E-state index in [-0.39, 0.29) is 0 Å². The molecule has 1 aromatic rings. The molecule has 4 nitrogen and oxygen atoms in total. The van der Waals surface area contributed by atoms with Crippen molar-refractivity contribution in [3.63, 3.8) is 0 Å². The van der Waals surface area contributed by atoms with Crippen LogP contribution in [-0.4, -0.2) is 21.3 Å². The Morgan fingerprint density at radius 3 is 3.08 bits per heavy atom. The number of nitrogens with one attached hydrogen (secondary N) is 1. The van der Waals surface area contributed by atoms with Crippen molar-refractivity contribution in [2.75, 3.05) is 11.9 Å². The van der Waals surface area contributed by atoms with Gasteiger partial charge in [0.2, 0.25) is 5.95 Å². The predicted molar refractivity (Wildman–Crippen MR) is 49.3 cm³/mol. The first-order valence-corrected chi connectivity index (χ1v) is 5.05. The van der Waals surface area contributed by atoms with Crippen molar-refractivity contribution in [2.45, 2.75) is 25.8 Å². The summed E-state index contributed by atoms with van der Waals surface area (Å²) in [7, 11) is 0. The lowest BCUT2D eigenvalue weighted by Crippen LogP contribution is -2.36. The molecular weight excluding hydrogens is 164 g/mol. The van der Waals surface area contributed by atoms with E-state index in [4.69, 9.17) is 0 Å². The van der Waals surface area contributed by atoms with Gasteiger partial charge in [0.1, 0.15) is 6.33 Å². The van der Waals surface area contributed by atoms with Gasteiger partial charge in [-0.2, -0.15) is 10.1 Å². The van der Waals surface area contributed by atoms with Gasteiger partial charge in [0, 0.05) is 13.1 Å². The van der Waals surface area contributed by atoms with Crippen molar-refractivity contribution in [2.24, 2.45) is 11.8 Å². The minimum atomic E-state index is 0.781. The van der Waals surface area contributed by atoms with Gasteiger partial charge in [-0.05, 0) is 11.8 Å². The van der Waals surface area contributed by atoms with Crippen molar-refractivity contribution in [3.05, 3.63) is 6.33 Å². The lowest BCUT2D eigenvalue weighted by molar-refractivity contribution is 0.184. The van der Waals surface area contributed by atoms with Gasteiger partial charge in [0.15, 0.2) is 0 Å². The van der Waals surface area contributed by atoms with Crippen molar-refractivity contribution < 1.29 is 0 Å². The summed E-state index contributed by atoms with van der Waals surface area (Å²) in [5.41, 5.74) is 0. The van der Waals surface area contributed by atoms with E-state index in [1.807, 2.05) is 4.68 Å². The van der Waals surface area contributed by atoms with E-state index in [9.17, 15) is 0 Å². The predicted octanol–water partition coefficient (Wildman–Crippen LogP) is 1.12. The molecule has 0 radical (unpaired) electrons. The number of aromatic nitrogens is 3. The third-order valence-electron chi connectivity index (χ3n) is 3.36. The largest absolute Gasteiger partial charge is 0.354 e. The minimum absolute atomic E-state index is 0.781. The highest BCUT2D eigenvalue weighted by Gasteiger charge is 2.30. The van der Waals surface area contributed by atoms with Gasteiger partial charge >= 0.3 is 0 Å². The zero-order valence-electron chi connectivity index (χ0n) is 7.61. The van der Waals surface area contributed by atoms with Crippen LogP contribution in [0.1, 0.15) is 19.3 Å².